The van der Waals surface area contributed by atoms with Crippen LogP contribution in [0.5, 0.6) is 0 Å². The normalized spacial score (nSPS) is 18.7. The molecule has 4 nitrogen and oxygen atoms in total. The molecule has 0 unspecified atom stereocenters. The van der Waals surface area contributed by atoms with E-state index >= 15 is 0 Å². The molecule has 0 fully saturated rings. The number of nitrogens with two attached hydrogens (primary N) is 1. The molecular weight excluding hydrogens is 283 g/mol. The summed E-state index contributed by atoms with van der Waals surface area (Å²) >= 11 is 0. The Labute approximate surface area is 129 Å². The average molecular weight is 304 g/mol. The van der Waals surface area contributed by atoms with Gasteiger partial charge in [0, 0.05) is 12.5 Å². The van der Waals surface area contributed by atoms with Gasteiger partial charge in [0.15, 0.2) is 0 Å². The molecule has 1 aromatic carbocycles. The maximum absolute atomic E-state index is 12.9. The molecule has 0 radical (unpaired) electrons. The number of amides is 2. The highest BCUT2D eigenvalue weighted by Crippen LogP contribution is 2.18. The van der Waals surface area contributed by atoms with Crippen LogP contribution in [-0.2, 0) is 16.0 Å². The van der Waals surface area contributed by atoms with Crippen molar-refractivity contribution in [2.45, 2.75) is 25.7 Å². The van der Waals surface area contributed by atoms with E-state index in [-0.39, 0.29) is 24.2 Å². The third kappa shape index (κ3) is 4.69. The molecule has 0 bridgehead atoms. The van der Waals surface area contributed by atoms with E-state index < -0.39 is 11.8 Å². The van der Waals surface area contributed by atoms with Crippen molar-refractivity contribution < 1.29 is 14.0 Å². The van der Waals surface area contributed by atoms with Crippen molar-refractivity contribution in [3.63, 3.8) is 0 Å². The topological polar surface area (TPSA) is 72.2 Å². The number of hydrogen-bond acceptors (Lipinski definition) is 2. The van der Waals surface area contributed by atoms with Gasteiger partial charge in [0.1, 0.15) is 5.82 Å². The van der Waals surface area contributed by atoms with Crippen LogP contribution in [0.1, 0.15) is 24.8 Å². The zero-order valence-corrected chi connectivity index (χ0v) is 12.4. The lowest BCUT2D eigenvalue weighted by Crippen LogP contribution is -2.39. The highest BCUT2D eigenvalue weighted by atomic mass is 19.1. The zero-order chi connectivity index (χ0) is 15.9. The third-order valence-corrected chi connectivity index (χ3v) is 3.96. The molecule has 1 aliphatic carbocycles. The Morgan fingerprint density at radius 1 is 1.27 bits per heavy atom. The summed E-state index contributed by atoms with van der Waals surface area (Å²) in [5, 5.41) is 2.82. The first kappa shape index (κ1) is 16.2. The first-order valence-corrected chi connectivity index (χ1v) is 7.52. The fourth-order valence-corrected chi connectivity index (χ4v) is 2.58. The van der Waals surface area contributed by atoms with Crippen LogP contribution in [0.4, 0.5) is 4.39 Å². The number of allylic oxidation sites excluding steroid dienone is 2. The monoisotopic (exact) mass is 304 g/mol. The second-order valence-corrected chi connectivity index (χ2v) is 5.66. The fourth-order valence-electron chi connectivity index (χ4n) is 2.58. The summed E-state index contributed by atoms with van der Waals surface area (Å²) < 4.78 is 12.9. The van der Waals surface area contributed by atoms with Gasteiger partial charge in [0.05, 0.1) is 5.92 Å². The lowest BCUT2D eigenvalue weighted by atomic mass is 9.93. The zero-order valence-electron chi connectivity index (χ0n) is 12.4. The third-order valence-electron chi connectivity index (χ3n) is 3.96. The predicted molar refractivity (Wildman–Crippen MR) is 82.3 cm³/mol. The van der Waals surface area contributed by atoms with Gasteiger partial charge in [-0.15, -0.1) is 0 Å². The Kier molecular flexibility index (Phi) is 5.69. The number of hydrogen-bond donors (Lipinski definition) is 2. The Hall–Kier alpha value is -2.17. The lowest BCUT2D eigenvalue weighted by Gasteiger charge is -2.19. The molecule has 0 saturated carbocycles. The largest absolute Gasteiger partial charge is 0.369 e. The van der Waals surface area contributed by atoms with Crippen molar-refractivity contribution in [3.8, 4) is 0 Å². The minimum absolute atomic E-state index is 0.0238. The van der Waals surface area contributed by atoms with E-state index in [2.05, 4.69) is 11.4 Å². The second-order valence-electron chi connectivity index (χ2n) is 5.66. The lowest BCUT2D eigenvalue weighted by molar-refractivity contribution is -0.126. The van der Waals surface area contributed by atoms with Gasteiger partial charge in [-0.25, -0.2) is 4.39 Å². The van der Waals surface area contributed by atoms with Crippen molar-refractivity contribution in [1.29, 1.82) is 0 Å². The molecule has 2 atom stereocenters. The van der Waals surface area contributed by atoms with Crippen molar-refractivity contribution in [2.75, 3.05) is 6.54 Å². The van der Waals surface area contributed by atoms with Gasteiger partial charge < -0.3 is 11.1 Å². The van der Waals surface area contributed by atoms with Crippen molar-refractivity contribution >= 4 is 11.8 Å². The predicted octanol–water partition coefficient (Wildman–Crippen LogP) is 1.94. The number of carbonyl (C=O) groups is 2. The molecule has 118 valence electrons. The van der Waals surface area contributed by atoms with Crippen LogP contribution >= 0.6 is 0 Å². The van der Waals surface area contributed by atoms with E-state index in [4.69, 9.17) is 5.73 Å². The van der Waals surface area contributed by atoms with E-state index in [1.807, 2.05) is 6.08 Å². The molecule has 1 aliphatic rings. The average Bonchev–Trinajstić information content (AvgIpc) is 2.53. The van der Waals surface area contributed by atoms with Crippen LogP contribution in [-0.4, -0.2) is 18.4 Å². The minimum Gasteiger partial charge on any atom is -0.369 e. The van der Waals surface area contributed by atoms with E-state index in [1.54, 1.807) is 12.1 Å². The van der Waals surface area contributed by atoms with Crippen LogP contribution in [0.2, 0.25) is 0 Å². The van der Waals surface area contributed by atoms with Gasteiger partial charge in [-0.3, -0.25) is 9.59 Å². The van der Waals surface area contributed by atoms with E-state index in [0.29, 0.717) is 6.42 Å². The van der Waals surface area contributed by atoms with Gasteiger partial charge in [-0.05, 0) is 43.4 Å². The molecule has 5 heteroatoms. The number of rotatable bonds is 6. The number of benzene rings is 1. The molecule has 0 saturated heterocycles. The van der Waals surface area contributed by atoms with Gasteiger partial charge in [0.25, 0.3) is 0 Å². The first-order chi connectivity index (χ1) is 10.6. The number of carbonyl (C=O) groups excluding carboxylic acids is 2. The summed E-state index contributed by atoms with van der Waals surface area (Å²) in [7, 11) is 0. The SMILES string of the molecule is NC(=O)[C@@H](CNC(=O)[C@@H]1CC=CCC1)Cc1ccc(F)cc1. The Balaban J connectivity index is 1.88. The van der Waals surface area contributed by atoms with Crippen molar-refractivity contribution in [3.05, 3.63) is 47.8 Å². The Morgan fingerprint density at radius 2 is 2.00 bits per heavy atom. The first-order valence-electron chi connectivity index (χ1n) is 7.52. The number of nitrogens with one attached hydrogen (secondary N) is 1. The molecule has 0 heterocycles. The molecule has 2 amide bonds. The van der Waals surface area contributed by atoms with Gasteiger partial charge >= 0.3 is 0 Å². The quantitative estimate of drug-likeness (QED) is 0.788. The Morgan fingerprint density at radius 3 is 2.59 bits per heavy atom. The van der Waals surface area contributed by atoms with Crippen LogP contribution < -0.4 is 11.1 Å². The molecular formula is C17H21FN2O2. The Bertz CT molecular complexity index is 554. The number of halogens is 1. The molecule has 0 aromatic heterocycles. The maximum atomic E-state index is 12.9. The van der Waals surface area contributed by atoms with Crippen molar-refractivity contribution in [1.82, 2.24) is 5.32 Å². The van der Waals surface area contributed by atoms with Gasteiger partial charge in [0.2, 0.25) is 11.8 Å². The van der Waals surface area contributed by atoms with Crippen LogP contribution in [0.25, 0.3) is 0 Å². The summed E-state index contributed by atoms with van der Waals surface area (Å²) in [5.41, 5.74) is 6.22. The van der Waals surface area contributed by atoms with Gasteiger partial charge in [-0.2, -0.15) is 0 Å². The van der Waals surface area contributed by atoms with E-state index in [0.717, 1.165) is 24.8 Å². The smallest absolute Gasteiger partial charge is 0.223 e. The van der Waals surface area contributed by atoms with Gasteiger partial charge in [-0.1, -0.05) is 24.3 Å². The van der Waals surface area contributed by atoms with E-state index in [9.17, 15) is 14.0 Å². The molecule has 3 N–H and O–H groups in total. The standard InChI is InChI=1S/C17H21FN2O2/c18-15-8-6-12(7-9-15)10-14(16(19)21)11-20-17(22)13-4-2-1-3-5-13/h1-2,6-9,13-14H,3-5,10-11H2,(H2,19,21)(H,20,22)/t13-,14-/m1/s1. The molecule has 0 aliphatic heterocycles. The summed E-state index contributed by atoms with van der Waals surface area (Å²) in [6.07, 6.45) is 6.96. The second kappa shape index (κ2) is 7.73. The molecule has 1 aromatic rings. The van der Waals surface area contributed by atoms with Crippen LogP contribution in [0.3, 0.4) is 0 Å². The summed E-state index contributed by atoms with van der Waals surface area (Å²) in [6.45, 7) is 0.214. The summed E-state index contributed by atoms with van der Waals surface area (Å²) in [6, 6.07) is 5.94. The highest BCUT2D eigenvalue weighted by Gasteiger charge is 2.22. The number of primary amides is 1. The molecule has 0 spiro atoms. The van der Waals surface area contributed by atoms with Crippen molar-refractivity contribution in [2.24, 2.45) is 17.6 Å². The maximum Gasteiger partial charge on any atom is 0.223 e. The fraction of sp³-hybridized carbons (Fsp3) is 0.412. The highest BCUT2D eigenvalue weighted by molar-refractivity contribution is 5.81. The van der Waals surface area contributed by atoms with E-state index in [1.165, 1.54) is 12.1 Å². The minimum atomic E-state index is -0.492. The molecule has 2 rings (SSSR count). The summed E-state index contributed by atoms with van der Waals surface area (Å²) in [4.78, 5) is 23.6. The van der Waals surface area contributed by atoms with Crippen LogP contribution in [0, 0.1) is 17.7 Å². The van der Waals surface area contributed by atoms with Crippen LogP contribution in [0.15, 0.2) is 36.4 Å². The molecule has 22 heavy (non-hydrogen) atoms. The summed E-state index contributed by atoms with van der Waals surface area (Å²) in [5.74, 6) is -1.33.